The van der Waals surface area contributed by atoms with Gasteiger partial charge >= 0.3 is 11.7 Å². The number of H-pyrrole nitrogens is 1. The number of rotatable bonds is 6. The molecule has 0 aliphatic rings. The van der Waals surface area contributed by atoms with Crippen molar-refractivity contribution in [2.75, 3.05) is 7.11 Å². The number of methoxy groups -OCH3 is 1. The highest BCUT2D eigenvalue weighted by Crippen LogP contribution is 2.32. The van der Waals surface area contributed by atoms with Crippen molar-refractivity contribution in [3.05, 3.63) is 68.4 Å². The van der Waals surface area contributed by atoms with Crippen molar-refractivity contribution in [3.63, 3.8) is 0 Å². The van der Waals surface area contributed by atoms with E-state index in [0.717, 1.165) is 16.0 Å². The van der Waals surface area contributed by atoms with Crippen molar-refractivity contribution in [2.45, 2.75) is 43.2 Å². The Balaban J connectivity index is 2.75. The second-order valence-corrected chi connectivity index (χ2v) is 6.96. The van der Waals surface area contributed by atoms with Gasteiger partial charge in [0.05, 0.1) is 12.1 Å². The lowest BCUT2D eigenvalue weighted by molar-refractivity contribution is -0.143. The van der Waals surface area contributed by atoms with Crippen molar-refractivity contribution in [1.82, 2.24) is 9.55 Å². The number of nitrogens with one attached hydrogen (secondary N) is 1. The minimum absolute atomic E-state index is 0.410. The number of ether oxygens (including phenoxy) is 1. The van der Waals surface area contributed by atoms with E-state index in [1.807, 2.05) is 39.0 Å². The molecule has 0 amide bonds. The second kappa shape index (κ2) is 8.23. The number of aryl methyl sites for hydroxylation is 2. The number of carbonyl (C=O) groups excluding carboxylic acids is 1. The second-order valence-electron chi connectivity index (χ2n) is 5.90. The van der Waals surface area contributed by atoms with Gasteiger partial charge in [-0.3, -0.25) is 14.3 Å². The molecule has 1 unspecified atom stereocenters. The molecule has 0 radical (unpaired) electrons. The number of nitrogens with zero attached hydrogens (tertiary/aromatic N) is 1. The highest BCUT2D eigenvalue weighted by molar-refractivity contribution is 7.99. The normalized spacial score (nSPS) is 11.8. The molecule has 1 aromatic heterocycles. The van der Waals surface area contributed by atoms with E-state index in [1.54, 1.807) is 0 Å². The number of hydrogen-bond acceptors (Lipinski definition) is 5. The zero-order chi connectivity index (χ0) is 19.4. The smallest absolute Gasteiger partial charge is 0.333 e. The van der Waals surface area contributed by atoms with Crippen molar-refractivity contribution in [1.29, 1.82) is 0 Å². The lowest BCUT2D eigenvalue weighted by Gasteiger charge is -2.20. The van der Waals surface area contributed by atoms with Crippen LogP contribution in [0.15, 0.2) is 50.4 Å². The Hall–Kier alpha value is -2.54. The molecule has 1 N–H and O–H groups in total. The van der Waals surface area contributed by atoms with Crippen molar-refractivity contribution < 1.29 is 9.53 Å². The molecule has 6 nitrogen and oxygen atoms in total. The molecule has 0 saturated carbocycles. The predicted molar refractivity (Wildman–Crippen MR) is 102 cm³/mol. The van der Waals surface area contributed by atoms with E-state index in [2.05, 4.69) is 11.6 Å². The Morgan fingerprint density at radius 2 is 1.92 bits per heavy atom. The van der Waals surface area contributed by atoms with Crippen LogP contribution < -0.4 is 11.2 Å². The minimum Gasteiger partial charge on any atom is -0.467 e. The van der Waals surface area contributed by atoms with Crippen LogP contribution in [0.1, 0.15) is 29.7 Å². The van der Waals surface area contributed by atoms with Crippen molar-refractivity contribution in [3.8, 4) is 0 Å². The fourth-order valence-electron chi connectivity index (χ4n) is 2.77. The first-order valence-electron chi connectivity index (χ1n) is 8.16. The molecular formula is C19H22N2O4S. The molecule has 1 heterocycles. The van der Waals surface area contributed by atoms with Gasteiger partial charge in [0.25, 0.3) is 5.56 Å². The molecule has 0 spiro atoms. The third-order valence-electron chi connectivity index (χ3n) is 3.90. The summed E-state index contributed by atoms with van der Waals surface area (Å²) >= 11 is 1.28. The Labute approximate surface area is 155 Å². The number of aromatic amines is 1. The standard InChI is InChI=1S/C19H22N2O4S/c1-6-14-16(22)20-19(24)21(15(7-2)18(23)25-5)17(14)26-13-9-11(3)8-12(4)10-13/h7-10,15H,2,6H2,1,3-5H3,(H,20,22,24). The van der Waals surface area contributed by atoms with Crippen LogP contribution >= 0.6 is 11.8 Å². The van der Waals surface area contributed by atoms with Crippen LogP contribution in [0.3, 0.4) is 0 Å². The van der Waals surface area contributed by atoms with Gasteiger partial charge in [-0.05, 0) is 43.5 Å². The summed E-state index contributed by atoms with van der Waals surface area (Å²) in [6, 6.07) is 4.95. The van der Waals surface area contributed by atoms with Crippen LogP contribution in [-0.2, 0) is 16.0 Å². The van der Waals surface area contributed by atoms with Crippen LogP contribution in [0.5, 0.6) is 0 Å². The molecule has 0 aliphatic carbocycles. The summed E-state index contributed by atoms with van der Waals surface area (Å²) in [6.07, 6.45) is 1.74. The van der Waals surface area contributed by atoms with Gasteiger partial charge in [0.15, 0.2) is 6.04 Å². The van der Waals surface area contributed by atoms with E-state index in [1.165, 1.54) is 29.5 Å². The van der Waals surface area contributed by atoms with Gasteiger partial charge in [0.1, 0.15) is 0 Å². The largest absolute Gasteiger partial charge is 0.467 e. The first kappa shape index (κ1) is 19.8. The van der Waals surface area contributed by atoms with Gasteiger partial charge < -0.3 is 4.74 Å². The summed E-state index contributed by atoms with van der Waals surface area (Å²) in [4.78, 5) is 40.1. The topological polar surface area (TPSA) is 81.2 Å². The van der Waals surface area contributed by atoms with Crippen LogP contribution in [-0.4, -0.2) is 22.6 Å². The predicted octanol–water partition coefficient (Wildman–Crippen LogP) is 2.77. The fraction of sp³-hybridized carbons (Fsp3) is 0.316. The molecule has 7 heteroatoms. The molecular weight excluding hydrogens is 352 g/mol. The third-order valence-corrected chi connectivity index (χ3v) is 5.01. The van der Waals surface area contributed by atoms with Crippen LogP contribution in [0.2, 0.25) is 0 Å². The molecule has 1 aromatic carbocycles. The van der Waals surface area contributed by atoms with Gasteiger partial charge in [-0.1, -0.05) is 30.8 Å². The Kier molecular flexibility index (Phi) is 6.26. The molecule has 138 valence electrons. The molecule has 0 aliphatic heterocycles. The van der Waals surface area contributed by atoms with Crippen molar-refractivity contribution >= 4 is 17.7 Å². The van der Waals surface area contributed by atoms with E-state index < -0.39 is 23.3 Å². The zero-order valence-electron chi connectivity index (χ0n) is 15.3. The summed E-state index contributed by atoms with van der Waals surface area (Å²) in [5.41, 5.74) is 1.45. The van der Waals surface area contributed by atoms with Gasteiger partial charge in [-0.25, -0.2) is 9.59 Å². The fourth-order valence-corrected chi connectivity index (χ4v) is 4.14. The Bertz CT molecular complexity index is 939. The number of aromatic nitrogens is 2. The van der Waals surface area contributed by atoms with Crippen LogP contribution in [0.4, 0.5) is 0 Å². The average molecular weight is 374 g/mol. The summed E-state index contributed by atoms with van der Waals surface area (Å²) in [6.45, 7) is 9.42. The molecule has 1 atom stereocenters. The van der Waals surface area contributed by atoms with Gasteiger partial charge in [0.2, 0.25) is 0 Å². The van der Waals surface area contributed by atoms with E-state index in [9.17, 15) is 14.4 Å². The Morgan fingerprint density at radius 1 is 1.31 bits per heavy atom. The maximum absolute atomic E-state index is 12.5. The van der Waals surface area contributed by atoms with E-state index >= 15 is 0 Å². The van der Waals surface area contributed by atoms with E-state index in [4.69, 9.17) is 4.74 Å². The third kappa shape index (κ3) is 3.99. The number of benzene rings is 1. The monoisotopic (exact) mass is 374 g/mol. The maximum atomic E-state index is 12.5. The van der Waals surface area contributed by atoms with Crippen LogP contribution in [0, 0.1) is 13.8 Å². The lowest BCUT2D eigenvalue weighted by atomic mass is 10.2. The minimum atomic E-state index is -1.02. The molecule has 2 aromatic rings. The lowest BCUT2D eigenvalue weighted by Crippen LogP contribution is -2.38. The average Bonchev–Trinajstić information content (AvgIpc) is 2.56. The summed E-state index contributed by atoms with van der Waals surface area (Å²) < 4.78 is 6.03. The number of esters is 1. The molecule has 0 fully saturated rings. The van der Waals surface area contributed by atoms with E-state index in [-0.39, 0.29) is 0 Å². The first-order valence-corrected chi connectivity index (χ1v) is 8.98. The molecule has 26 heavy (non-hydrogen) atoms. The Morgan fingerprint density at radius 3 is 2.42 bits per heavy atom. The number of hydrogen-bond donors (Lipinski definition) is 1. The maximum Gasteiger partial charge on any atom is 0.333 e. The highest BCUT2D eigenvalue weighted by Gasteiger charge is 2.25. The highest BCUT2D eigenvalue weighted by atomic mass is 32.2. The van der Waals surface area contributed by atoms with Gasteiger partial charge in [0, 0.05) is 10.5 Å². The zero-order valence-corrected chi connectivity index (χ0v) is 16.1. The molecule has 0 saturated heterocycles. The summed E-state index contributed by atoms with van der Waals surface area (Å²) in [7, 11) is 1.24. The van der Waals surface area contributed by atoms with Crippen molar-refractivity contribution in [2.24, 2.45) is 0 Å². The van der Waals surface area contributed by atoms with Gasteiger partial charge in [-0.15, -0.1) is 6.58 Å². The SMILES string of the molecule is C=CC(C(=O)OC)n1c(Sc2cc(C)cc(C)c2)c(CC)c(=O)[nH]c1=O. The quantitative estimate of drug-likeness (QED) is 0.478. The first-order chi connectivity index (χ1) is 12.3. The molecule has 0 bridgehead atoms. The number of carbonyl (C=O) groups is 1. The van der Waals surface area contributed by atoms with Gasteiger partial charge in [-0.2, -0.15) is 0 Å². The van der Waals surface area contributed by atoms with E-state index in [0.29, 0.717) is 17.0 Å². The summed E-state index contributed by atoms with van der Waals surface area (Å²) in [5, 5.41) is 0.418. The van der Waals surface area contributed by atoms with Crippen LogP contribution in [0.25, 0.3) is 0 Å². The summed E-state index contributed by atoms with van der Waals surface area (Å²) in [5.74, 6) is -0.626. The molecule has 2 rings (SSSR count).